The van der Waals surface area contributed by atoms with Crippen LogP contribution in [0.1, 0.15) is 51.6 Å². The lowest BCUT2D eigenvalue weighted by Crippen LogP contribution is -2.37. The van der Waals surface area contributed by atoms with E-state index in [4.69, 9.17) is 0 Å². The van der Waals surface area contributed by atoms with E-state index < -0.39 is 0 Å². The monoisotopic (exact) mass is 281 g/mol. The molecule has 1 saturated carbocycles. The normalized spacial score (nSPS) is 27.7. The third-order valence-corrected chi connectivity index (χ3v) is 5.37. The van der Waals surface area contributed by atoms with Crippen molar-refractivity contribution in [3.63, 3.8) is 0 Å². The van der Waals surface area contributed by atoms with Gasteiger partial charge in [-0.05, 0) is 54.4 Å². The maximum Gasteiger partial charge on any atom is 0.0300 e. The summed E-state index contributed by atoms with van der Waals surface area (Å²) in [5, 5.41) is 6.61. The van der Waals surface area contributed by atoms with E-state index in [9.17, 15) is 0 Å². The zero-order valence-corrected chi connectivity index (χ0v) is 13.5. The molecule has 2 aromatic rings. The molecule has 1 fully saturated rings. The lowest BCUT2D eigenvalue weighted by molar-refractivity contribution is 0.217. The number of fused-ring (bicyclic) bond motifs is 1. The molecule has 0 spiro atoms. The van der Waals surface area contributed by atoms with Gasteiger partial charge in [-0.1, -0.05) is 56.3 Å². The highest BCUT2D eigenvalue weighted by Gasteiger charge is 2.25. The van der Waals surface area contributed by atoms with Crippen LogP contribution in [0.25, 0.3) is 10.8 Å². The third-order valence-electron chi connectivity index (χ3n) is 5.37. The van der Waals surface area contributed by atoms with Crippen molar-refractivity contribution >= 4 is 10.8 Å². The first-order valence-corrected chi connectivity index (χ1v) is 8.39. The highest BCUT2D eigenvalue weighted by molar-refractivity contribution is 5.86. The van der Waals surface area contributed by atoms with Gasteiger partial charge in [0.1, 0.15) is 0 Å². The topological polar surface area (TPSA) is 12.0 Å². The van der Waals surface area contributed by atoms with Gasteiger partial charge in [0.25, 0.3) is 0 Å². The molecule has 21 heavy (non-hydrogen) atoms. The maximum atomic E-state index is 3.88. The van der Waals surface area contributed by atoms with Crippen molar-refractivity contribution in [3.8, 4) is 0 Å². The van der Waals surface area contributed by atoms with Gasteiger partial charge in [-0.3, -0.25) is 0 Å². The predicted octanol–water partition coefficient (Wildman–Crippen LogP) is 5.32. The van der Waals surface area contributed by atoms with E-state index >= 15 is 0 Å². The van der Waals surface area contributed by atoms with E-state index in [-0.39, 0.29) is 0 Å². The van der Waals surface area contributed by atoms with Crippen LogP contribution in [0.15, 0.2) is 42.5 Å². The van der Waals surface area contributed by atoms with Crippen molar-refractivity contribution in [1.82, 2.24) is 5.32 Å². The van der Waals surface area contributed by atoms with Crippen LogP contribution < -0.4 is 5.32 Å². The van der Waals surface area contributed by atoms with Crippen LogP contribution in [0, 0.1) is 11.8 Å². The molecule has 0 aliphatic heterocycles. The Bertz CT molecular complexity index is 598. The third kappa shape index (κ3) is 3.13. The second-order valence-electron chi connectivity index (χ2n) is 6.92. The molecule has 0 radical (unpaired) electrons. The Balaban J connectivity index is 1.77. The molecular weight excluding hydrogens is 254 g/mol. The molecule has 0 saturated heterocycles. The number of benzene rings is 2. The molecule has 112 valence electrons. The van der Waals surface area contributed by atoms with Crippen molar-refractivity contribution in [2.24, 2.45) is 11.8 Å². The Morgan fingerprint density at radius 3 is 2.52 bits per heavy atom. The number of hydrogen-bond donors (Lipinski definition) is 1. The molecule has 1 N–H and O–H groups in total. The Labute approximate surface area is 128 Å². The SMILES string of the molecule is CC(NC1CCC(C)C(C)C1)c1cccc2ccccc12. The molecule has 0 amide bonds. The second kappa shape index (κ2) is 6.19. The predicted molar refractivity (Wildman–Crippen MR) is 91.5 cm³/mol. The molecule has 0 heterocycles. The molecule has 1 heteroatoms. The Hall–Kier alpha value is -1.34. The van der Waals surface area contributed by atoms with Gasteiger partial charge in [-0.15, -0.1) is 0 Å². The largest absolute Gasteiger partial charge is 0.307 e. The van der Waals surface area contributed by atoms with E-state index in [1.54, 1.807) is 0 Å². The van der Waals surface area contributed by atoms with Gasteiger partial charge < -0.3 is 5.32 Å². The summed E-state index contributed by atoms with van der Waals surface area (Å²) in [4.78, 5) is 0. The lowest BCUT2D eigenvalue weighted by Gasteiger charge is -2.34. The summed E-state index contributed by atoms with van der Waals surface area (Å²) >= 11 is 0. The van der Waals surface area contributed by atoms with Crippen LogP contribution in [-0.2, 0) is 0 Å². The summed E-state index contributed by atoms with van der Waals surface area (Å²) in [5.41, 5.74) is 1.43. The van der Waals surface area contributed by atoms with Crippen molar-refractivity contribution in [2.45, 2.75) is 52.1 Å². The molecule has 4 unspecified atom stereocenters. The van der Waals surface area contributed by atoms with Crippen LogP contribution in [-0.4, -0.2) is 6.04 Å². The summed E-state index contributed by atoms with van der Waals surface area (Å²) in [7, 11) is 0. The summed E-state index contributed by atoms with van der Waals surface area (Å²) in [5.74, 6) is 1.73. The number of rotatable bonds is 3. The smallest absolute Gasteiger partial charge is 0.0300 e. The van der Waals surface area contributed by atoms with Crippen LogP contribution >= 0.6 is 0 Å². The Morgan fingerprint density at radius 1 is 0.952 bits per heavy atom. The van der Waals surface area contributed by atoms with Crippen LogP contribution in [0.3, 0.4) is 0 Å². The van der Waals surface area contributed by atoms with Gasteiger partial charge in [0.2, 0.25) is 0 Å². The van der Waals surface area contributed by atoms with Gasteiger partial charge >= 0.3 is 0 Å². The van der Waals surface area contributed by atoms with E-state index in [2.05, 4.69) is 68.6 Å². The minimum atomic E-state index is 0.418. The standard InChI is InChI=1S/C20H27N/c1-14-11-12-18(13-15(14)2)21-16(3)19-10-6-8-17-7-4-5-9-20(17)19/h4-10,14-16,18,21H,11-13H2,1-3H3. The van der Waals surface area contributed by atoms with Crippen molar-refractivity contribution in [3.05, 3.63) is 48.0 Å². The first-order valence-electron chi connectivity index (χ1n) is 8.39. The Morgan fingerprint density at radius 2 is 1.71 bits per heavy atom. The summed E-state index contributed by atoms with van der Waals surface area (Å²) in [6, 6.07) is 16.5. The molecule has 0 bridgehead atoms. The second-order valence-corrected chi connectivity index (χ2v) is 6.92. The lowest BCUT2D eigenvalue weighted by atomic mass is 9.79. The molecule has 3 rings (SSSR count). The van der Waals surface area contributed by atoms with E-state index in [0.717, 1.165) is 11.8 Å². The average molecular weight is 281 g/mol. The van der Waals surface area contributed by atoms with Crippen molar-refractivity contribution in [1.29, 1.82) is 0 Å². The minimum absolute atomic E-state index is 0.418. The van der Waals surface area contributed by atoms with Gasteiger partial charge in [-0.2, -0.15) is 0 Å². The van der Waals surface area contributed by atoms with Gasteiger partial charge in [0.15, 0.2) is 0 Å². The fourth-order valence-electron chi connectivity index (χ4n) is 3.77. The molecule has 1 aliphatic carbocycles. The minimum Gasteiger partial charge on any atom is -0.307 e. The van der Waals surface area contributed by atoms with Gasteiger partial charge in [0, 0.05) is 12.1 Å². The van der Waals surface area contributed by atoms with Gasteiger partial charge in [-0.25, -0.2) is 0 Å². The van der Waals surface area contributed by atoms with Crippen LogP contribution in [0.5, 0.6) is 0 Å². The average Bonchev–Trinajstić information content (AvgIpc) is 2.50. The quantitative estimate of drug-likeness (QED) is 0.803. The van der Waals surface area contributed by atoms with E-state index in [1.807, 2.05) is 0 Å². The molecule has 0 aromatic heterocycles. The van der Waals surface area contributed by atoms with E-state index in [1.165, 1.54) is 35.6 Å². The maximum absolute atomic E-state index is 3.88. The molecule has 1 aliphatic rings. The fourth-order valence-corrected chi connectivity index (χ4v) is 3.77. The first kappa shape index (κ1) is 14.6. The van der Waals surface area contributed by atoms with Crippen molar-refractivity contribution in [2.75, 3.05) is 0 Å². The number of nitrogens with one attached hydrogen (secondary N) is 1. The summed E-state index contributed by atoms with van der Waals surface area (Å²) in [6.45, 7) is 7.11. The van der Waals surface area contributed by atoms with E-state index in [0.29, 0.717) is 12.1 Å². The highest BCUT2D eigenvalue weighted by Crippen LogP contribution is 2.31. The summed E-state index contributed by atoms with van der Waals surface area (Å²) in [6.07, 6.45) is 4.00. The summed E-state index contributed by atoms with van der Waals surface area (Å²) < 4.78 is 0. The molecule has 1 nitrogen and oxygen atoms in total. The van der Waals surface area contributed by atoms with Gasteiger partial charge in [0.05, 0.1) is 0 Å². The molecular formula is C20H27N. The molecule has 2 aromatic carbocycles. The van der Waals surface area contributed by atoms with Crippen molar-refractivity contribution < 1.29 is 0 Å². The molecule has 4 atom stereocenters. The highest BCUT2D eigenvalue weighted by atomic mass is 14.9. The fraction of sp³-hybridized carbons (Fsp3) is 0.500. The first-order chi connectivity index (χ1) is 10.1. The zero-order chi connectivity index (χ0) is 14.8. The number of hydrogen-bond acceptors (Lipinski definition) is 1. The Kier molecular flexibility index (Phi) is 4.30. The zero-order valence-electron chi connectivity index (χ0n) is 13.5. The van der Waals surface area contributed by atoms with Crippen LogP contribution in [0.2, 0.25) is 0 Å². The van der Waals surface area contributed by atoms with Crippen LogP contribution in [0.4, 0.5) is 0 Å².